The van der Waals surface area contributed by atoms with Gasteiger partial charge in [-0.3, -0.25) is 14.9 Å². The van der Waals surface area contributed by atoms with Crippen molar-refractivity contribution in [3.8, 4) is 16.9 Å². The van der Waals surface area contributed by atoms with E-state index in [9.17, 15) is 28.8 Å². The molecule has 3 rings (SSSR count). The summed E-state index contributed by atoms with van der Waals surface area (Å²) in [4.78, 5) is 24.7. The SMILES string of the molecule is O=c1[nH]c2cc(Cl)c([N+](=O)[O-])cc2c(O)c1-c1ccc(F)cc1F. The van der Waals surface area contributed by atoms with E-state index in [4.69, 9.17) is 11.6 Å². The van der Waals surface area contributed by atoms with E-state index in [-0.39, 0.29) is 21.5 Å². The molecule has 24 heavy (non-hydrogen) atoms. The van der Waals surface area contributed by atoms with Crippen LogP contribution in [0.2, 0.25) is 5.02 Å². The number of rotatable bonds is 2. The van der Waals surface area contributed by atoms with Crippen LogP contribution in [0.15, 0.2) is 35.1 Å². The van der Waals surface area contributed by atoms with Crippen molar-refractivity contribution in [2.75, 3.05) is 0 Å². The largest absolute Gasteiger partial charge is 0.506 e. The maximum atomic E-state index is 13.9. The minimum Gasteiger partial charge on any atom is -0.506 e. The molecule has 0 unspecified atom stereocenters. The topological polar surface area (TPSA) is 96.2 Å². The lowest BCUT2D eigenvalue weighted by atomic mass is 10.0. The minimum atomic E-state index is -1.06. The number of benzene rings is 2. The summed E-state index contributed by atoms with van der Waals surface area (Å²) in [6.45, 7) is 0. The van der Waals surface area contributed by atoms with E-state index in [0.717, 1.165) is 24.3 Å². The fraction of sp³-hybridized carbons (Fsp3) is 0. The summed E-state index contributed by atoms with van der Waals surface area (Å²) in [5.74, 6) is -2.58. The highest BCUT2D eigenvalue weighted by atomic mass is 35.5. The van der Waals surface area contributed by atoms with Crippen molar-refractivity contribution < 1.29 is 18.8 Å². The van der Waals surface area contributed by atoms with Crippen LogP contribution >= 0.6 is 11.6 Å². The molecule has 0 radical (unpaired) electrons. The van der Waals surface area contributed by atoms with Crippen LogP contribution in [0.3, 0.4) is 0 Å². The molecule has 1 heterocycles. The van der Waals surface area contributed by atoms with Crippen molar-refractivity contribution in [1.82, 2.24) is 4.98 Å². The number of hydrogen-bond donors (Lipinski definition) is 2. The summed E-state index contributed by atoms with van der Waals surface area (Å²) < 4.78 is 27.0. The average Bonchev–Trinajstić information content (AvgIpc) is 2.48. The number of nitro benzene ring substituents is 1. The number of fused-ring (bicyclic) bond motifs is 1. The van der Waals surface area contributed by atoms with Crippen LogP contribution in [0.5, 0.6) is 5.75 Å². The van der Waals surface area contributed by atoms with Gasteiger partial charge >= 0.3 is 0 Å². The number of aromatic amines is 1. The molecule has 9 heteroatoms. The normalized spacial score (nSPS) is 11.0. The molecule has 0 amide bonds. The minimum absolute atomic E-state index is 0.0411. The van der Waals surface area contributed by atoms with Gasteiger partial charge in [-0.15, -0.1) is 0 Å². The van der Waals surface area contributed by atoms with E-state index in [2.05, 4.69) is 4.98 Å². The Morgan fingerprint density at radius 3 is 2.54 bits per heavy atom. The summed E-state index contributed by atoms with van der Waals surface area (Å²) in [6.07, 6.45) is 0. The molecule has 3 aromatic rings. The molecule has 6 nitrogen and oxygen atoms in total. The summed E-state index contributed by atoms with van der Waals surface area (Å²) in [7, 11) is 0. The lowest BCUT2D eigenvalue weighted by Gasteiger charge is -2.09. The van der Waals surface area contributed by atoms with Crippen LogP contribution in [0.4, 0.5) is 14.5 Å². The maximum absolute atomic E-state index is 13.9. The third-order valence-electron chi connectivity index (χ3n) is 3.45. The fourth-order valence-electron chi connectivity index (χ4n) is 2.37. The summed E-state index contributed by atoms with van der Waals surface area (Å²) in [5, 5.41) is 21.0. The Hall–Kier alpha value is -3.00. The third kappa shape index (κ3) is 2.46. The van der Waals surface area contributed by atoms with E-state index >= 15 is 0 Å². The standard InChI is InChI=1S/C15H7ClF2N2O4/c16-9-5-11-8(4-12(9)20(23)24)14(21)13(15(22)19-11)7-2-1-6(17)3-10(7)18/h1-5H,(H2,19,21,22). The van der Waals surface area contributed by atoms with Crippen LogP contribution in [-0.2, 0) is 0 Å². The van der Waals surface area contributed by atoms with Crippen LogP contribution in [0.25, 0.3) is 22.0 Å². The Labute approximate surface area is 137 Å². The lowest BCUT2D eigenvalue weighted by molar-refractivity contribution is -0.384. The molecular formula is C15H7ClF2N2O4. The number of halogens is 3. The molecule has 0 aliphatic heterocycles. The monoisotopic (exact) mass is 352 g/mol. The van der Waals surface area contributed by atoms with Gasteiger partial charge in [-0.05, 0) is 18.2 Å². The first-order chi connectivity index (χ1) is 11.3. The number of nitrogens with one attached hydrogen (secondary N) is 1. The Balaban J connectivity index is 2.39. The van der Waals surface area contributed by atoms with Gasteiger partial charge in [-0.25, -0.2) is 8.78 Å². The number of nitrogens with zero attached hydrogens (tertiary/aromatic N) is 1. The first kappa shape index (κ1) is 15.9. The molecule has 0 fully saturated rings. The Bertz CT molecular complexity index is 1070. The van der Waals surface area contributed by atoms with Crippen molar-refractivity contribution in [3.05, 3.63) is 67.5 Å². The van der Waals surface area contributed by atoms with Crippen molar-refractivity contribution in [3.63, 3.8) is 0 Å². The van der Waals surface area contributed by atoms with Crippen molar-refractivity contribution >= 4 is 28.2 Å². The van der Waals surface area contributed by atoms with E-state index in [1.165, 1.54) is 0 Å². The van der Waals surface area contributed by atoms with Gasteiger partial charge in [0.05, 0.1) is 16.0 Å². The van der Waals surface area contributed by atoms with E-state index < -0.39 is 39.1 Å². The van der Waals surface area contributed by atoms with Crippen LogP contribution in [0.1, 0.15) is 0 Å². The first-order valence-corrected chi connectivity index (χ1v) is 6.85. The van der Waals surface area contributed by atoms with Gasteiger partial charge in [0, 0.05) is 23.1 Å². The average molecular weight is 353 g/mol. The summed E-state index contributed by atoms with van der Waals surface area (Å²) >= 11 is 5.76. The zero-order valence-corrected chi connectivity index (χ0v) is 12.4. The highest BCUT2D eigenvalue weighted by Gasteiger charge is 2.21. The van der Waals surface area contributed by atoms with E-state index in [1.807, 2.05) is 0 Å². The van der Waals surface area contributed by atoms with Gasteiger partial charge in [0.2, 0.25) is 0 Å². The predicted molar refractivity (Wildman–Crippen MR) is 83.2 cm³/mol. The molecule has 0 bridgehead atoms. The molecule has 0 aliphatic carbocycles. The van der Waals surface area contributed by atoms with Crippen LogP contribution < -0.4 is 5.56 Å². The molecular weight excluding hydrogens is 346 g/mol. The van der Waals surface area contributed by atoms with Crippen molar-refractivity contribution in [1.29, 1.82) is 0 Å². The first-order valence-electron chi connectivity index (χ1n) is 6.48. The number of pyridine rings is 1. The van der Waals surface area contributed by atoms with Crippen LogP contribution in [0, 0.1) is 21.7 Å². The number of aromatic hydroxyl groups is 1. The maximum Gasteiger partial charge on any atom is 0.288 e. The Kier molecular flexibility index (Phi) is 3.69. The van der Waals surface area contributed by atoms with Gasteiger partial charge in [0.25, 0.3) is 11.2 Å². The number of hydrogen-bond acceptors (Lipinski definition) is 4. The molecule has 0 atom stereocenters. The summed E-state index contributed by atoms with van der Waals surface area (Å²) in [5.41, 5.74) is -2.10. The highest BCUT2D eigenvalue weighted by Crippen LogP contribution is 2.37. The number of H-pyrrole nitrogens is 1. The molecule has 2 N–H and O–H groups in total. The van der Waals surface area contributed by atoms with E-state index in [0.29, 0.717) is 6.07 Å². The van der Waals surface area contributed by atoms with Crippen LogP contribution in [-0.4, -0.2) is 15.0 Å². The van der Waals surface area contributed by atoms with Gasteiger partial charge in [-0.1, -0.05) is 11.6 Å². The zero-order valence-electron chi connectivity index (χ0n) is 11.6. The van der Waals surface area contributed by atoms with E-state index in [1.54, 1.807) is 0 Å². The van der Waals surface area contributed by atoms with Crippen molar-refractivity contribution in [2.24, 2.45) is 0 Å². The second-order valence-corrected chi connectivity index (χ2v) is 5.32. The number of nitro groups is 1. The quantitative estimate of drug-likeness (QED) is 0.542. The predicted octanol–water partition coefficient (Wildman–Crippen LogP) is 3.74. The highest BCUT2D eigenvalue weighted by molar-refractivity contribution is 6.33. The third-order valence-corrected chi connectivity index (χ3v) is 3.75. The molecule has 1 aromatic heterocycles. The Morgan fingerprint density at radius 2 is 1.92 bits per heavy atom. The Morgan fingerprint density at radius 1 is 1.21 bits per heavy atom. The van der Waals surface area contributed by atoms with Gasteiger partial charge in [0.1, 0.15) is 22.4 Å². The second-order valence-electron chi connectivity index (χ2n) is 4.91. The fourth-order valence-corrected chi connectivity index (χ4v) is 2.60. The smallest absolute Gasteiger partial charge is 0.288 e. The molecule has 0 saturated carbocycles. The molecule has 0 spiro atoms. The lowest BCUT2D eigenvalue weighted by Crippen LogP contribution is -2.10. The molecule has 122 valence electrons. The van der Waals surface area contributed by atoms with Crippen molar-refractivity contribution in [2.45, 2.75) is 0 Å². The summed E-state index contributed by atoms with van der Waals surface area (Å²) in [6, 6.07) is 4.55. The second kappa shape index (κ2) is 5.57. The number of aromatic nitrogens is 1. The van der Waals surface area contributed by atoms with Gasteiger partial charge in [0.15, 0.2) is 0 Å². The molecule has 2 aromatic carbocycles. The van der Waals surface area contributed by atoms with Gasteiger partial charge in [-0.2, -0.15) is 0 Å². The molecule has 0 saturated heterocycles. The molecule has 0 aliphatic rings. The zero-order chi connectivity index (χ0) is 17.6. The van der Waals surface area contributed by atoms with Gasteiger partial charge < -0.3 is 10.1 Å².